The van der Waals surface area contributed by atoms with Gasteiger partial charge in [0, 0.05) is 6.92 Å². The Morgan fingerprint density at radius 2 is 1.04 bits per heavy atom. The molecule has 3 aromatic carbocycles. The number of rotatable bonds is 5. The van der Waals surface area contributed by atoms with Crippen molar-refractivity contribution in [1.29, 1.82) is 0 Å². The summed E-state index contributed by atoms with van der Waals surface area (Å²) in [5.41, 5.74) is -0.225. The Morgan fingerprint density at radius 1 is 0.720 bits per heavy atom. The first-order valence-electron chi connectivity index (χ1n) is 8.49. The molecular weight excluding hydrogens is 324 g/mol. The van der Waals surface area contributed by atoms with Crippen LogP contribution in [0.2, 0.25) is 0 Å². The third-order valence-corrected chi connectivity index (χ3v) is 9.71. The quantitative estimate of drug-likeness (QED) is 0.403. The molecule has 0 aromatic heterocycles. The van der Waals surface area contributed by atoms with Gasteiger partial charge in [0.15, 0.2) is 8.07 Å². The monoisotopic (exact) mass is 346 g/mol. The molecule has 0 saturated heterocycles. The minimum Gasteiger partial charge on any atom is -0.465 e. The van der Waals surface area contributed by atoms with Crippen LogP contribution in [0, 0.1) is 0 Å². The average Bonchev–Trinajstić information content (AvgIpc) is 2.64. The number of hydrogen-bond donors (Lipinski definition) is 0. The topological polar surface area (TPSA) is 26.3 Å². The van der Waals surface area contributed by atoms with Crippen molar-refractivity contribution in [1.82, 2.24) is 0 Å². The molecule has 0 radical (unpaired) electrons. The van der Waals surface area contributed by atoms with E-state index in [0.717, 1.165) is 0 Å². The number of hydrogen-bond acceptors (Lipinski definition) is 2. The second-order valence-corrected chi connectivity index (χ2v) is 10.3. The molecule has 1 unspecified atom stereocenters. The molecule has 0 spiro atoms. The van der Waals surface area contributed by atoms with Crippen LogP contribution in [0.25, 0.3) is 0 Å². The highest BCUT2D eigenvalue weighted by Gasteiger charge is 2.46. The lowest BCUT2D eigenvalue weighted by Crippen LogP contribution is -2.74. The summed E-state index contributed by atoms with van der Waals surface area (Å²) in [5, 5.41) is 3.71. The van der Waals surface area contributed by atoms with Crippen molar-refractivity contribution in [3.8, 4) is 0 Å². The van der Waals surface area contributed by atoms with Gasteiger partial charge in [-0.3, -0.25) is 4.79 Å². The first-order chi connectivity index (χ1) is 12.2. The first kappa shape index (κ1) is 17.2. The fourth-order valence-corrected chi connectivity index (χ4v) is 8.55. The van der Waals surface area contributed by atoms with E-state index in [1.807, 2.05) is 25.1 Å². The highest BCUT2D eigenvalue weighted by atomic mass is 28.3. The van der Waals surface area contributed by atoms with Crippen LogP contribution < -0.4 is 15.6 Å². The first-order valence-corrected chi connectivity index (χ1v) is 10.6. The molecule has 3 heteroatoms. The Labute approximate surface area is 150 Å². The van der Waals surface area contributed by atoms with Crippen molar-refractivity contribution in [3.63, 3.8) is 0 Å². The van der Waals surface area contributed by atoms with Crippen LogP contribution in [0.4, 0.5) is 0 Å². The van der Waals surface area contributed by atoms with Gasteiger partial charge >= 0.3 is 5.97 Å². The summed E-state index contributed by atoms with van der Waals surface area (Å²) in [6.07, 6.45) is 0. The van der Waals surface area contributed by atoms with Gasteiger partial charge < -0.3 is 4.74 Å². The second-order valence-electron chi connectivity index (χ2n) is 6.16. The van der Waals surface area contributed by atoms with E-state index < -0.39 is 8.07 Å². The van der Waals surface area contributed by atoms with Gasteiger partial charge in [0.25, 0.3) is 0 Å². The Morgan fingerprint density at radius 3 is 1.32 bits per heavy atom. The average molecular weight is 347 g/mol. The van der Waals surface area contributed by atoms with Gasteiger partial charge in [-0.2, -0.15) is 0 Å². The van der Waals surface area contributed by atoms with Crippen LogP contribution in [0.1, 0.15) is 13.8 Å². The van der Waals surface area contributed by atoms with Gasteiger partial charge in [-0.1, -0.05) is 91.0 Å². The normalized spacial score (nSPS) is 12.4. The van der Waals surface area contributed by atoms with Gasteiger partial charge in [-0.05, 0) is 22.5 Å². The Balaban J connectivity index is 2.33. The molecule has 2 nitrogen and oxygen atoms in total. The van der Waals surface area contributed by atoms with Crippen LogP contribution in [-0.2, 0) is 9.53 Å². The number of carbonyl (C=O) groups excluding carboxylic acids is 1. The minimum absolute atomic E-state index is 0.225. The van der Waals surface area contributed by atoms with Crippen molar-refractivity contribution in [2.45, 2.75) is 19.6 Å². The summed E-state index contributed by atoms with van der Waals surface area (Å²) in [6.45, 7) is 3.51. The Hall–Kier alpha value is -2.65. The van der Waals surface area contributed by atoms with E-state index in [9.17, 15) is 4.79 Å². The molecule has 0 amide bonds. The van der Waals surface area contributed by atoms with Gasteiger partial charge in [0.2, 0.25) is 0 Å². The fraction of sp³-hybridized carbons (Fsp3) is 0.136. The molecule has 0 aliphatic rings. The maximum Gasteiger partial charge on any atom is 0.302 e. The summed E-state index contributed by atoms with van der Waals surface area (Å²) in [6, 6.07) is 31.4. The molecule has 1 atom stereocenters. The molecule has 3 rings (SSSR count). The van der Waals surface area contributed by atoms with Crippen LogP contribution in [-0.4, -0.2) is 19.8 Å². The van der Waals surface area contributed by atoms with Gasteiger partial charge in [0.05, 0.1) is 0 Å². The molecule has 0 saturated carbocycles. The zero-order valence-electron chi connectivity index (χ0n) is 14.6. The van der Waals surface area contributed by atoms with Crippen molar-refractivity contribution in [3.05, 3.63) is 91.0 Å². The standard InChI is InChI=1S/C22H22O2Si/c1-18(23)24-19(2)25(20-12-6-3-7-13-20,21-14-8-4-9-15-21)22-16-10-5-11-17-22/h3-17,19H,1-2H3. The Kier molecular flexibility index (Phi) is 5.15. The molecule has 126 valence electrons. The zero-order valence-corrected chi connectivity index (χ0v) is 15.6. The number of esters is 1. The van der Waals surface area contributed by atoms with Crippen LogP contribution in [0.3, 0.4) is 0 Å². The molecule has 3 aromatic rings. The summed E-state index contributed by atoms with van der Waals surface area (Å²) in [7, 11) is -2.53. The summed E-state index contributed by atoms with van der Waals surface area (Å²) >= 11 is 0. The highest BCUT2D eigenvalue weighted by molar-refractivity contribution is 7.12. The molecule has 0 fully saturated rings. The summed E-state index contributed by atoms with van der Waals surface area (Å²) in [5.74, 6) is -0.243. The lowest BCUT2D eigenvalue weighted by molar-refractivity contribution is -0.142. The van der Waals surface area contributed by atoms with Crippen molar-refractivity contribution in [2.24, 2.45) is 0 Å². The van der Waals surface area contributed by atoms with E-state index in [0.29, 0.717) is 0 Å². The molecule has 0 bridgehead atoms. The van der Waals surface area contributed by atoms with Gasteiger partial charge in [-0.15, -0.1) is 0 Å². The lowest BCUT2D eigenvalue weighted by atomic mass is 10.3. The fourth-order valence-electron chi connectivity index (χ4n) is 3.64. The predicted octanol–water partition coefficient (Wildman–Crippen LogP) is 2.65. The second kappa shape index (κ2) is 7.49. The third-order valence-electron chi connectivity index (χ3n) is 4.64. The maximum absolute atomic E-state index is 11.8. The largest absolute Gasteiger partial charge is 0.465 e. The van der Waals surface area contributed by atoms with E-state index in [-0.39, 0.29) is 11.7 Å². The number of carbonyl (C=O) groups is 1. The molecule has 0 N–H and O–H groups in total. The van der Waals surface area contributed by atoms with Gasteiger partial charge in [0.1, 0.15) is 5.73 Å². The molecule has 25 heavy (non-hydrogen) atoms. The summed E-state index contributed by atoms with van der Waals surface area (Å²) in [4.78, 5) is 11.8. The van der Waals surface area contributed by atoms with Crippen molar-refractivity contribution in [2.75, 3.05) is 0 Å². The SMILES string of the molecule is CC(=O)OC(C)[Si](c1ccccc1)(c1ccccc1)c1ccccc1. The highest BCUT2D eigenvalue weighted by Crippen LogP contribution is 2.15. The van der Waals surface area contributed by atoms with Gasteiger partial charge in [-0.25, -0.2) is 0 Å². The zero-order chi connectivity index (χ0) is 17.7. The van der Waals surface area contributed by atoms with Crippen LogP contribution in [0.15, 0.2) is 91.0 Å². The lowest BCUT2D eigenvalue weighted by Gasteiger charge is -2.38. The van der Waals surface area contributed by atoms with E-state index >= 15 is 0 Å². The minimum atomic E-state index is -2.53. The van der Waals surface area contributed by atoms with Crippen molar-refractivity contribution < 1.29 is 9.53 Å². The van der Waals surface area contributed by atoms with Crippen LogP contribution >= 0.6 is 0 Å². The number of ether oxygens (including phenoxy) is 1. The van der Waals surface area contributed by atoms with E-state index in [4.69, 9.17) is 4.74 Å². The predicted molar refractivity (Wildman–Crippen MR) is 105 cm³/mol. The smallest absolute Gasteiger partial charge is 0.302 e. The molecule has 0 aliphatic carbocycles. The van der Waals surface area contributed by atoms with Crippen LogP contribution in [0.5, 0.6) is 0 Å². The molecular formula is C22H22O2Si. The Bertz CT molecular complexity index is 720. The molecule has 0 aliphatic heterocycles. The maximum atomic E-state index is 11.8. The summed E-state index contributed by atoms with van der Waals surface area (Å²) < 4.78 is 5.80. The number of benzene rings is 3. The van der Waals surface area contributed by atoms with E-state index in [1.54, 1.807) is 0 Å². The van der Waals surface area contributed by atoms with Crippen molar-refractivity contribution >= 4 is 29.6 Å². The van der Waals surface area contributed by atoms with E-state index in [1.165, 1.54) is 22.5 Å². The molecule has 0 heterocycles. The van der Waals surface area contributed by atoms with E-state index in [2.05, 4.69) is 72.8 Å². The third kappa shape index (κ3) is 3.28.